The van der Waals surface area contributed by atoms with Crippen LogP contribution in [0.25, 0.3) is 0 Å². The van der Waals surface area contributed by atoms with E-state index in [2.05, 4.69) is 10.1 Å². The fraction of sp³-hybridized carbons (Fsp3) is 0.471. The number of amides is 1. The lowest BCUT2D eigenvalue weighted by atomic mass is 9.99. The first kappa shape index (κ1) is 21.3. The molecule has 0 aliphatic carbocycles. The molecule has 0 bridgehead atoms. The van der Waals surface area contributed by atoms with Crippen LogP contribution in [0.4, 0.5) is 0 Å². The van der Waals surface area contributed by atoms with Crippen molar-refractivity contribution in [1.29, 1.82) is 0 Å². The molecule has 1 N–H and O–H groups in total. The van der Waals surface area contributed by atoms with Crippen molar-refractivity contribution in [2.45, 2.75) is 32.7 Å². The van der Waals surface area contributed by atoms with E-state index in [1.165, 1.54) is 7.11 Å². The fourth-order valence-electron chi connectivity index (χ4n) is 2.05. The Morgan fingerprint density at radius 1 is 1.20 bits per heavy atom. The third-order valence-electron chi connectivity index (χ3n) is 3.73. The molecule has 8 heteroatoms. The van der Waals surface area contributed by atoms with Gasteiger partial charge in [-0.2, -0.15) is 0 Å². The third kappa shape index (κ3) is 6.55. The van der Waals surface area contributed by atoms with Gasteiger partial charge in [0.15, 0.2) is 6.61 Å². The molecule has 2 atom stereocenters. The number of esters is 2. The molecule has 138 valence electrons. The van der Waals surface area contributed by atoms with Crippen LogP contribution in [0.5, 0.6) is 0 Å². The fourth-order valence-corrected chi connectivity index (χ4v) is 2.58. The van der Waals surface area contributed by atoms with Crippen molar-refractivity contribution in [3.63, 3.8) is 0 Å². The summed E-state index contributed by atoms with van der Waals surface area (Å²) >= 11 is 12.0. The van der Waals surface area contributed by atoms with Crippen LogP contribution in [0.2, 0.25) is 10.0 Å². The second kappa shape index (κ2) is 10.3. The summed E-state index contributed by atoms with van der Waals surface area (Å²) in [5, 5.41) is 3.21. The van der Waals surface area contributed by atoms with E-state index in [9.17, 15) is 14.4 Å². The zero-order chi connectivity index (χ0) is 19.0. The number of benzene rings is 1. The molecule has 1 aromatic carbocycles. The molecule has 0 saturated heterocycles. The molecule has 0 unspecified atom stereocenters. The van der Waals surface area contributed by atoms with E-state index in [4.69, 9.17) is 27.9 Å². The van der Waals surface area contributed by atoms with Gasteiger partial charge in [0, 0.05) is 15.6 Å². The predicted molar refractivity (Wildman–Crippen MR) is 94.5 cm³/mol. The molecule has 0 spiro atoms. The zero-order valence-electron chi connectivity index (χ0n) is 14.3. The highest BCUT2D eigenvalue weighted by atomic mass is 35.5. The highest BCUT2D eigenvalue weighted by molar-refractivity contribution is 6.36. The Labute approximate surface area is 156 Å². The highest BCUT2D eigenvalue weighted by Gasteiger charge is 2.27. The third-order valence-corrected chi connectivity index (χ3v) is 4.44. The number of nitrogens with one attached hydrogen (secondary N) is 1. The van der Waals surface area contributed by atoms with Crippen LogP contribution < -0.4 is 5.32 Å². The van der Waals surface area contributed by atoms with E-state index >= 15 is 0 Å². The molecule has 6 nitrogen and oxygen atoms in total. The number of methoxy groups -OCH3 is 1. The van der Waals surface area contributed by atoms with Gasteiger partial charge in [-0.3, -0.25) is 9.59 Å². The summed E-state index contributed by atoms with van der Waals surface area (Å²) in [5.74, 6) is -1.90. The lowest BCUT2D eigenvalue weighted by Crippen LogP contribution is -2.47. The number of hydrogen-bond donors (Lipinski definition) is 1. The number of carbonyl (C=O) groups is 3. The van der Waals surface area contributed by atoms with Crippen molar-refractivity contribution in [2.24, 2.45) is 5.92 Å². The zero-order valence-corrected chi connectivity index (χ0v) is 15.8. The van der Waals surface area contributed by atoms with Gasteiger partial charge < -0.3 is 14.8 Å². The summed E-state index contributed by atoms with van der Waals surface area (Å²) in [4.78, 5) is 35.5. The number of hydrogen-bond acceptors (Lipinski definition) is 5. The van der Waals surface area contributed by atoms with E-state index in [0.717, 1.165) is 0 Å². The maximum atomic E-state index is 11.9. The SMILES string of the molecule is CC[C@@H](C)[C@@H](NC(=O)COC(=O)Cc1c(Cl)cccc1Cl)C(=O)OC. The topological polar surface area (TPSA) is 81.7 Å². The first-order valence-electron chi connectivity index (χ1n) is 7.75. The molecule has 0 aliphatic heterocycles. The number of carbonyl (C=O) groups excluding carboxylic acids is 3. The number of rotatable bonds is 8. The molecular weight excluding hydrogens is 369 g/mol. The lowest BCUT2D eigenvalue weighted by molar-refractivity contribution is -0.150. The average Bonchev–Trinajstić information content (AvgIpc) is 2.59. The van der Waals surface area contributed by atoms with Crippen LogP contribution in [0.3, 0.4) is 0 Å². The van der Waals surface area contributed by atoms with E-state index in [1.807, 2.05) is 13.8 Å². The number of ether oxygens (including phenoxy) is 2. The number of halogens is 2. The second-order valence-corrected chi connectivity index (χ2v) is 6.31. The molecule has 0 aliphatic rings. The summed E-state index contributed by atoms with van der Waals surface area (Å²) in [6.45, 7) is 3.19. The minimum absolute atomic E-state index is 0.117. The van der Waals surface area contributed by atoms with E-state index < -0.39 is 30.5 Å². The van der Waals surface area contributed by atoms with Gasteiger partial charge in [-0.25, -0.2) is 4.79 Å². The van der Waals surface area contributed by atoms with Crippen LogP contribution in [-0.2, 0) is 30.3 Å². The maximum Gasteiger partial charge on any atom is 0.328 e. The predicted octanol–water partition coefficient (Wildman–Crippen LogP) is 2.78. The van der Waals surface area contributed by atoms with Crippen LogP contribution in [0, 0.1) is 5.92 Å². The van der Waals surface area contributed by atoms with Crippen molar-refractivity contribution in [1.82, 2.24) is 5.32 Å². The largest absolute Gasteiger partial charge is 0.467 e. The monoisotopic (exact) mass is 389 g/mol. The van der Waals surface area contributed by atoms with Gasteiger partial charge in [-0.05, 0) is 18.1 Å². The van der Waals surface area contributed by atoms with Gasteiger partial charge >= 0.3 is 11.9 Å². The van der Waals surface area contributed by atoms with Crippen molar-refractivity contribution >= 4 is 41.0 Å². The van der Waals surface area contributed by atoms with Crippen LogP contribution in [0.1, 0.15) is 25.8 Å². The first-order chi connectivity index (χ1) is 11.8. The molecule has 0 aromatic heterocycles. The van der Waals surface area contributed by atoms with Crippen molar-refractivity contribution < 1.29 is 23.9 Å². The standard InChI is InChI=1S/C17H21Cl2NO5/c1-4-10(2)16(17(23)24-3)20-14(21)9-25-15(22)8-11-12(18)6-5-7-13(11)19/h5-7,10,16H,4,8-9H2,1-3H3,(H,20,21)/t10-,16-/m1/s1. The normalized spacial score (nSPS) is 12.8. The molecular formula is C17H21Cl2NO5. The lowest BCUT2D eigenvalue weighted by Gasteiger charge is -2.21. The summed E-state index contributed by atoms with van der Waals surface area (Å²) in [6, 6.07) is 4.08. The molecule has 25 heavy (non-hydrogen) atoms. The minimum Gasteiger partial charge on any atom is -0.467 e. The van der Waals surface area contributed by atoms with Crippen molar-refractivity contribution in [3.8, 4) is 0 Å². The van der Waals surface area contributed by atoms with Gasteiger partial charge in [-0.15, -0.1) is 0 Å². The van der Waals surface area contributed by atoms with Crippen LogP contribution in [-0.4, -0.2) is 37.6 Å². The molecule has 0 heterocycles. The van der Waals surface area contributed by atoms with Gasteiger partial charge in [-0.1, -0.05) is 49.5 Å². The maximum absolute atomic E-state index is 11.9. The van der Waals surface area contributed by atoms with Crippen LogP contribution in [0.15, 0.2) is 18.2 Å². The van der Waals surface area contributed by atoms with Gasteiger partial charge in [0.05, 0.1) is 13.5 Å². The Kier molecular flexibility index (Phi) is 8.72. The van der Waals surface area contributed by atoms with E-state index in [-0.39, 0.29) is 12.3 Å². The highest BCUT2D eigenvalue weighted by Crippen LogP contribution is 2.24. The Bertz CT molecular complexity index is 615. The van der Waals surface area contributed by atoms with E-state index in [0.29, 0.717) is 22.0 Å². The van der Waals surface area contributed by atoms with Crippen molar-refractivity contribution in [3.05, 3.63) is 33.8 Å². The quantitative estimate of drug-likeness (QED) is 0.691. The van der Waals surface area contributed by atoms with Gasteiger partial charge in [0.2, 0.25) is 0 Å². The minimum atomic E-state index is -0.792. The summed E-state index contributed by atoms with van der Waals surface area (Å²) in [5.41, 5.74) is 0.434. The molecule has 0 radical (unpaired) electrons. The molecule has 0 saturated carbocycles. The molecule has 1 aromatic rings. The Hall–Kier alpha value is -1.79. The first-order valence-corrected chi connectivity index (χ1v) is 8.51. The smallest absolute Gasteiger partial charge is 0.328 e. The molecule has 1 rings (SSSR count). The van der Waals surface area contributed by atoms with Crippen LogP contribution >= 0.6 is 23.2 Å². The Balaban J connectivity index is 2.57. The Morgan fingerprint density at radius 3 is 2.32 bits per heavy atom. The molecule has 0 fully saturated rings. The summed E-state index contributed by atoms with van der Waals surface area (Å²) < 4.78 is 9.60. The van der Waals surface area contributed by atoms with E-state index in [1.54, 1.807) is 18.2 Å². The second-order valence-electron chi connectivity index (χ2n) is 5.49. The van der Waals surface area contributed by atoms with Crippen molar-refractivity contribution in [2.75, 3.05) is 13.7 Å². The average molecular weight is 390 g/mol. The molecule has 1 amide bonds. The van der Waals surface area contributed by atoms with Gasteiger partial charge in [0.25, 0.3) is 5.91 Å². The summed E-state index contributed by atoms with van der Waals surface area (Å²) in [7, 11) is 1.25. The Morgan fingerprint density at radius 2 is 1.80 bits per heavy atom. The summed E-state index contributed by atoms with van der Waals surface area (Å²) in [6.07, 6.45) is 0.516. The van der Waals surface area contributed by atoms with Gasteiger partial charge in [0.1, 0.15) is 6.04 Å².